The summed E-state index contributed by atoms with van der Waals surface area (Å²) in [7, 11) is 1.49. The highest BCUT2D eigenvalue weighted by atomic mass is 35.5. The molecule has 0 atom stereocenters. The maximum absolute atomic E-state index is 12.6. The number of esters is 1. The Hall–Kier alpha value is -3.18. The summed E-state index contributed by atoms with van der Waals surface area (Å²) in [5.74, 6) is 1.57. The third-order valence-corrected chi connectivity index (χ3v) is 4.34. The van der Waals surface area contributed by atoms with E-state index < -0.39 is 5.97 Å². The SMILES string of the molecule is CCOc1c(Cl)cc(C(=O)OCc2ccccc2Oc2ccccc2)cc1OC. The largest absolute Gasteiger partial charge is 0.493 e. The molecule has 3 aromatic rings. The molecule has 0 N–H and O–H groups in total. The molecule has 6 heteroatoms. The summed E-state index contributed by atoms with van der Waals surface area (Å²) >= 11 is 6.24. The highest BCUT2D eigenvalue weighted by molar-refractivity contribution is 6.32. The first-order valence-corrected chi connectivity index (χ1v) is 9.48. The van der Waals surface area contributed by atoms with Gasteiger partial charge in [0.15, 0.2) is 11.5 Å². The van der Waals surface area contributed by atoms with E-state index in [9.17, 15) is 4.79 Å². The van der Waals surface area contributed by atoms with Gasteiger partial charge >= 0.3 is 5.97 Å². The van der Waals surface area contributed by atoms with Gasteiger partial charge < -0.3 is 18.9 Å². The fourth-order valence-corrected chi connectivity index (χ4v) is 2.95. The van der Waals surface area contributed by atoms with Crippen molar-refractivity contribution in [3.63, 3.8) is 0 Å². The average molecular weight is 413 g/mol. The number of para-hydroxylation sites is 2. The second kappa shape index (κ2) is 9.85. The summed E-state index contributed by atoms with van der Waals surface area (Å²) in [6.07, 6.45) is 0. The number of carbonyl (C=O) groups is 1. The van der Waals surface area contributed by atoms with Crippen LogP contribution < -0.4 is 14.2 Å². The molecule has 0 aromatic heterocycles. The summed E-state index contributed by atoms with van der Waals surface area (Å²) in [5, 5.41) is 0.283. The molecule has 150 valence electrons. The smallest absolute Gasteiger partial charge is 0.338 e. The van der Waals surface area contributed by atoms with E-state index in [1.807, 2.05) is 61.5 Å². The minimum Gasteiger partial charge on any atom is -0.493 e. The lowest BCUT2D eigenvalue weighted by atomic mass is 10.2. The van der Waals surface area contributed by atoms with Gasteiger partial charge in [0, 0.05) is 5.56 Å². The van der Waals surface area contributed by atoms with E-state index >= 15 is 0 Å². The van der Waals surface area contributed by atoms with E-state index in [0.717, 1.165) is 5.56 Å². The molecule has 0 aliphatic carbocycles. The van der Waals surface area contributed by atoms with Gasteiger partial charge in [0.1, 0.15) is 18.1 Å². The minimum absolute atomic E-state index is 0.0506. The maximum atomic E-state index is 12.6. The third-order valence-electron chi connectivity index (χ3n) is 4.06. The summed E-state index contributed by atoms with van der Waals surface area (Å²) in [6, 6.07) is 19.9. The van der Waals surface area contributed by atoms with Gasteiger partial charge in [-0.1, -0.05) is 48.0 Å². The van der Waals surface area contributed by atoms with Crippen molar-refractivity contribution >= 4 is 17.6 Å². The van der Waals surface area contributed by atoms with Crippen molar-refractivity contribution in [2.45, 2.75) is 13.5 Å². The Morgan fingerprint density at radius 3 is 2.41 bits per heavy atom. The zero-order valence-electron chi connectivity index (χ0n) is 16.2. The van der Waals surface area contributed by atoms with Crippen LogP contribution in [-0.2, 0) is 11.3 Å². The number of methoxy groups -OCH3 is 1. The van der Waals surface area contributed by atoms with Crippen molar-refractivity contribution in [3.8, 4) is 23.0 Å². The Morgan fingerprint density at radius 2 is 1.69 bits per heavy atom. The quantitative estimate of drug-likeness (QED) is 0.431. The van der Waals surface area contributed by atoms with Crippen LogP contribution in [0, 0.1) is 0 Å². The molecule has 0 unspecified atom stereocenters. The Morgan fingerprint density at radius 1 is 0.966 bits per heavy atom. The molecule has 29 heavy (non-hydrogen) atoms. The monoisotopic (exact) mass is 412 g/mol. The van der Waals surface area contributed by atoms with E-state index in [0.29, 0.717) is 29.6 Å². The Bertz CT molecular complexity index is 972. The van der Waals surface area contributed by atoms with Gasteiger partial charge in [-0.05, 0) is 37.3 Å². The second-order valence-electron chi connectivity index (χ2n) is 6.02. The lowest BCUT2D eigenvalue weighted by Crippen LogP contribution is -2.07. The Labute approximate surface area is 174 Å². The zero-order chi connectivity index (χ0) is 20.6. The molecule has 0 heterocycles. The summed E-state index contributed by atoms with van der Waals surface area (Å²) in [4.78, 5) is 12.6. The number of carbonyl (C=O) groups excluding carboxylic acids is 1. The van der Waals surface area contributed by atoms with Gasteiger partial charge in [-0.3, -0.25) is 0 Å². The number of ether oxygens (including phenoxy) is 4. The number of rotatable bonds is 8. The van der Waals surface area contributed by atoms with Crippen LogP contribution in [0.3, 0.4) is 0 Å². The van der Waals surface area contributed by atoms with Gasteiger partial charge in [0.25, 0.3) is 0 Å². The molecule has 0 saturated carbocycles. The van der Waals surface area contributed by atoms with Crippen LogP contribution in [0.5, 0.6) is 23.0 Å². The zero-order valence-corrected chi connectivity index (χ0v) is 16.9. The van der Waals surface area contributed by atoms with Crippen molar-refractivity contribution in [3.05, 3.63) is 82.9 Å². The summed E-state index contributed by atoms with van der Waals surface area (Å²) in [5.41, 5.74) is 1.02. The van der Waals surface area contributed by atoms with Gasteiger partial charge in [0.05, 0.1) is 24.3 Å². The predicted molar refractivity (Wildman–Crippen MR) is 111 cm³/mol. The van der Waals surface area contributed by atoms with E-state index in [1.165, 1.54) is 13.2 Å². The van der Waals surface area contributed by atoms with Crippen molar-refractivity contribution < 1.29 is 23.7 Å². The van der Waals surface area contributed by atoms with Crippen molar-refractivity contribution in [1.29, 1.82) is 0 Å². The number of halogens is 1. The van der Waals surface area contributed by atoms with Crippen LogP contribution in [0.25, 0.3) is 0 Å². The van der Waals surface area contributed by atoms with Crippen LogP contribution in [0.4, 0.5) is 0 Å². The molecular weight excluding hydrogens is 392 g/mol. The molecule has 0 radical (unpaired) electrons. The van der Waals surface area contributed by atoms with Crippen LogP contribution in [-0.4, -0.2) is 19.7 Å². The molecule has 0 aliphatic heterocycles. The molecule has 5 nitrogen and oxygen atoms in total. The molecule has 0 fully saturated rings. The predicted octanol–water partition coefficient (Wildman–Crippen LogP) is 5.90. The van der Waals surface area contributed by atoms with Crippen molar-refractivity contribution in [2.75, 3.05) is 13.7 Å². The molecular formula is C23H21ClO5. The topological polar surface area (TPSA) is 54.0 Å². The average Bonchev–Trinajstić information content (AvgIpc) is 2.75. The molecule has 0 amide bonds. The van der Waals surface area contributed by atoms with Gasteiger partial charge in [-0.15, -0.1) is 0 Å². The third kappa shape index (κ3) is 5.21. The first kappa shape index (κ1) is 20.6. The molecule has 3 aromatic carbocycles. The van der Waals surface area contributed by atoms with Crippen LogP contribution in [0.2, 0.25) is 5.02 Å². The van der Waals surface area contributed by atoms with E-state index in [4.69, 9.17) is 30.5 Å². The Kier molecular flexibility index (Phi) is 6.98. The normalized spacial score (nSPS) is 10.3. The van der Waals surface area contributed by atoms with Gasteiger partial charge in [-0.2, -0.15) is 0 Å². The van der Waals surface area contributed by atoms with E-state index in [1.54, 1.807) is 6.07 Å². The van der Waals surface area contributed by atoms with Crippen molar-refractivity contribution in [1.82, 2.24) is 0 Å². The molecule has 0 saturated heterocycles. The first-order chi connectivity index (χ1) is 14.1. The van der Waals surface area contributed by atoms with Crippen LogP contribution in [0.15, 0.2) is 66.7 Å². The van der Waals surface area contributed by atoms with Gasteiger partial charge in [-0.25, -0.2) is 4.79 Å². The molecule has 3 rings (SSSR count). The highest BCUT2D eigenvalue weighted by Gasteiger charge is 2.17. The molecule has 0 spiro atoms. The van der Waals surface area contributed by atoms with E-state index in [-0.39, 0.29) is 17.2 Å². The number of hydrogen-bond donors (Lipinski definition) is 0. The fourth-order valence-electron chi connectivity index (χ4n) is 2.69. The van der Waals surface area contributed by atoms with Crippen LogP contribution in [0.1, 0.15) is 22.8 Å². The highest BCUT2D eigenvalue weighted by Crippen LogP contribution is 2.36. The number of hydrogen-bond acceptors (Lipinski definition) is 5. The van der Waals surface area contributed by atoms with Gasteiger partial charge in [0.2, 0.25) is 0 Å². The summed E-state index contributed by atoms with van der Waals surface area (Å²) in [6.45, 7) is 2.32. The number of benzene rings is 3. The standard InChI is InChI=1S/C23H21ClO5/c1-3-27-22-19(24)13-17(14-21(22)26-2)23(25)28-15-16-9-7-8-12-20(16)29-18-10-5-4-6-11-18/h4-14H,3,15H2,1-2H3. The maximum Gasteiger partial charge on any atom is 0.338 e. The first-order valence-electron chi connectivity index (χ1n) is 9.10. The van der Waals surface area contributed by atoms with E-state index in [2.05, 4.69) is 0 Å². The lowest BCUT2D eigenvalue weighted by molar-refractivity contribution is 0.0470. The molecule has 0 bridgehead atoms. The van der Waals surface area contributed by atoms with Crippen LogP contribution >= 0.6 is 11.6 Å². The van der Waals surface area contributed by atoms with Crippen molar-refractivity contribution in [2.24, 2.45) is 0 Å². The molecule has 0 aliphatic rings. The minimum atomic E-state index is -0.525. The fraction of sp³-hybridized carbons (Fsp3) is 0.174. The summed E-state index contributed by atoms with van der Waals surface area (Å²) < 4.78 is 22.1. The lowest BCUT2D eigenvalue weighted by Gasteiger charge is -2.14. The Balaban J connectivity index is 1.74. The second-order valence-corrected chi connectivity index (χ2v) is 6.43.